The largest absolute Gasteiger partial charge is 0.493 e. The molecule has 78 valence electrons. The van der Waals surface area contributed by atoms with Crippen molar-refractivity contribution in [2.75, 3.05) is 7.11 Å². The summed E-state index contributed by atoms with van der Waals surface area (Å²) in [6.07, 6.45) is 0.749. The Morgan fingerprint density at radius 2 is 2.29 bits per heavy atom. The van der Waals surface area contributed by atoms with Gasteiger partial charge in [0.1, 0.15) is 0 Å². The molecule has 6 nitrogen and oxygen atoms in total. The maximum Gasteiger partial charge on any atom is 0.331 e. The molecule has 0 aromatic carbocycles. The minimum absolute atomic E-state index is 0.0748. The zero-order valence-corrected chi connectivity index (χ0v) is 8.87. The van der Waals surface area contributed by atoms with Crippen LogP contribution in [0.15, 0.2) is 6.20 Å². The van der Waals surface area contributed by atoms with E-state index in [-0.39, 0.29) is 16.7 Å². The third kappa shape index (κ3) is 3.23. The van der Waals surface area contributed by atoms with E-state index in [1.807, 2.05) is 0 Å². The quantitative estimate of drug-likeness (QED) is 0.598. The molecule has 0 spiro atoms. The van der Waals surface area contributed by atoms with E-state index in [9.17, 15) is 4.57 Å². The highest BCUT2D eigenvalue weighted by atomic mass is 35.5. The van der Waals surface area contributed by atoms with Gasteiger partial charge in [0.25, 0.3) is 0 Å². The topological polar surface area (TPSA) is 92.5 Å². The van der Waals surface area contributed by atoms with E-state index >= 15 is 0 Å². The Morgan fingerprint density at radius 3 is 2.79 bits per heavy atom. The Labute approximate surface area is 85.1 Å². The normalized spacial score (nSPS) is 11.4. The third-order valence-electron chi connectivity index (χ3n) is 1.38. The molecule has 1 aromatic heterocycles. The Morgan fingerprint density at radius 1 is 1.64 bits per heavy atom. The number of aromatic nitrogens is 2. The lowest BCUT2D eigenvalue weighted by molar-refractivity contribution is 0.367. The number of hydrogen-bond donors (Lipinski definition) is 2. The van der Waals surface area contributed by atoms with Gasteiger partial charge in [-0.15, -0.1) is 0 Å². The lowest BCUT2D eigenvalue weighted by Crippen LogP contribution is -1.98. The molecule has 0 atom stereocenters. The molecule has 1 rings (SSSR count). The van der Waals surface area contributed by atoms with Crippen molar-refractivity contribution in [3.05, 3.63) is 17.2 Å². The monoisotopic (exact) mass is 238 g/mol. The molecule has 0 aliphatic rings. The second kappa shape index (κ2) is 4.23. The van der Waals surface area contributed by atoms with Gasteiger partial charge in [-0.1, -0.05) is 0 Å². The summed E-state index contributed by atoms with van der Waals surface area (Å²) < 4.78 is 15.5. The molecule has 1 heterocycles. The molecule has 0 unspecified atom stereocenters. The van der Waals surface area contributed by atoms with E-state index in [2.05, 4.69) is 9.97 Å². The van der Waals surface area contributed by atoms with Crippen molar-refractivity contribution in [2.24, 2.45) is 0 Å². The van der Waals surface area contributed by atoms with Crippen molar-refractivity contribution in [2.45, 2.75) is 6.16 Å². The van der Waals surface area contributed by atoms with Gasteiger partial charge in [-0.05, 0) is 11.6 Å². The van der Waals surface area contributed by atoms with E-state index in [0.29, 0.717) is 0 Å². The van der Waals surface area contributed by atoms with Gasteiger partial charge >= 0.3 is 7.60 Å². The van der Waals surface area contributed by atoms with E-state index < -0.39 is 13.8 Å². The summed E-state index contributed by atoms with van der Waals surface area (Å²) in [7, 11) is -2.82. The van der Waals surface area contributed by atoms with Crippen LogP contribution in [0.1, 0.15) is 5.69 Å². The lowest BCUT2D eigenvalue weighted by atomic mass is 10.4. The molecule has 0 saturated carbocycles. The Balaban J connectivity index is 3.05. The molecule has 8 heteroatoms. The van der Waals surface area contributed by atoms with Crippen LogP contribution >= 0.6 is 19.2 Å². The maximum absolute atomic E-state index is 10.7. The summed E-state index contributed by atoms with van der Waals surface area (Å²) in [5.74, 6) is 0.206. The van der Waals surface area contributed by atoms with E-state index in [4.69, 9.17) is 26.1 Å². The van der Waals surface area contributed by atoms with Crippen LogP contribution in [0, 0.1) is 0 Å². The molecule has 14 heavy (non-hydrogen) atoms. The second-order valence-corrected chi connectivity index (χ2v) is 4.46. The fourth-order valence-electron chi connectivity index (χ4n) is 0.861. The summed E-state index contributed by atoms with van der Waals surface area (Å²) in [6, 6.07) is 0. The van der Waals surface area contributed by atoms with E-state index in [0.717, 1.165) is 0 Å². The molecule has 0 aliphatic heterocycles. The van der Waals surface area contributed by atoms with Gasteiger partial charge < -0.3 is 14.5 Å². The molecular formula is C6H8ClN2O4P. The van der Waals surface area contributed by atoms with Crippen LogP contribution in [0.2, 0.25) is 5.28 Å². The SMILES string of the molecule is COc1cnc(Cl)nc1CP(=O)(O)O. The highest BCUT2D eigenvalue weighted by Crippen LogP contribution is 2.40. The molecule has 1 aromatic rings. The fourth-order valence-corrected chi connectivity index (χ4v) is 1.63. The predicted octanol–water partition coefficient (Wildman–Crippen LogP) is 0.816. The average molecular weight is 239 g/mol. The molecule has 0 fully saturated rings. The third-order valence-corrected chi connectivity index (χ3v) is 2.27. The number of rotatable bonds is 3. The van der Waals surface area contributed by atoms with E-state index in [1.165, 1.54) is 13.3 Å². The highest BCUT2D eigenvalue weighted by Gasteiger charge is 2.19. The molecule has 0 radical (unpaired) electrons. The predicted molar refractivity (Wildman–Crippen MR) is 49.3 cm³/mol. The van der Waals surface area contributed by atoms with Crippen LogP contribution in [0.4, 0.5) is 0 Å². The average Bonchev–Trinajstić information content (AvgIpc) is 2.01. The number of ether oxygens (including phenoxy) is 1. The summed E-state index contributed by atoms with van der Waals surface area (Å²) in [4.78, 5) is 24.8. The highest BCUT2D eigenvalue weighted by molar-refractivity contribution is 7.50. The Hall–Kier alpha value is -0.680. The zero-order chi connectivity index (χ0) is 10.8. The van der Waals surface area contributed by atoms with Gasteiger partial charge in [0.15, 0.2) is 5.75 Å². The minimum atomic E-state index is -4.18. The summed E-state index contributed by atoms with van der Waals surface area (Å²) in [6.45, 7) is 0. The minimum Gasteiger partial charge on any atom is -0.493 e. The van der Waals surface area contributed by atoms with Gasteiger partial charge in [-0.3, -0.25) is 4.57 Å². The first-order valence-electron chi connectivity index (χ1n) is 3.52. The molecule has 2 N–H and O–H groups in total. The first-order valence-corrected chi connectivity index (χ1v) is 5.70. The van der Waals surface area contributed by atoms with Gasteiger partial charge in [-0.2, -0.15) is 0 Å². The molecule has 0 bridgehead atoms. The van der Waals surface area contributed by atoms with Gasteiger partial charge in [0.05, 0.1) is 25.2 Å². The number of methoxy groups -OCH3 is 1. The maximum atomic E-state index is 10.7. The van der Waals surface area contributed by atoms with Crippen LogP contribution in [-0.4, -0.2) is 26.9 Å². The van der Waals surface area contributed by atoms with E-state index in [1.54, 1.807) is 0 Å². The van der Waals surface area contributed by atoms with Crippen LogP contribution < -0.4 is 4.74 Å². The standard InChI is InChI=1S/C6H8ClN2O4P/c1-13-5-2-8-6(7)9-4(5)3-14(10,11)12/h2H,3H2,1H3,(H2,10,11,12). The molecule has 0 aliphatic carbocycles. The molecule has 0 amide bonds. The lowest BCUT2D eigenvalue weighted by Gasteiger charge is -2.07. The summed E-state index contributed by atoms with van der Waals surface area (Å²) in [5, 5.41) is -0.0748. The van der Waals surface area contributed by atoms with Crippen molar-refractivity contribution in [3.63, 3.8) is 0 Å². The van der Waals surface area contributed by atoms with Crippen LogP contribution in [0.25, 0.3) is 0 Å². The van der Waals surface area contributed by atoms with Crippen molar-refractivity contribution < 1.29 is 19.1 Å². The Bertz CT molecular complexity index is 380. The van der Waals surface area contributed by atoms with Crippen molar-refractivity contribution >= 4 is 19.2 Å². The van der Waals surface area contributed by atoms with Crippen LogP contribution in [0.3, 0.4) is 0 Å². The van der Waals surface area contributed by atoms with Gasteiger partial charge in [-0.25, -0.2) is 9.97 Å². The van der Waals surface area contributed by atoms with Crippen molar-refractivity contribution in [3.8, 4) is 5.75 Å². The Kier molecular flexibility index (Phi) is 3.44. The first kappa shape index (κ1) is 11.4. The zero-order valence-electron chi connectivity index (χ0n) is 7.21. The molecular weight excluding hydrogens is 231 g/mol. The first-order chi connectivity index (χ1) is 6.42. The summed E-state index contributed by atoms with van der Waals surface area (Å²) in [5.41, 5.74) is 0.0980. The summed E-state index contributed by atoms with van der Waals surface area (Å²) >= 11 is 5.47. The van der Waals surface area contributed by atoms with Crippen LogP contribution in [0.5, 0.6) is 5.75 Å². The van der Waals surface area contributed by atoms with Crippen LogP contribution in [-0.2, 0) is 10.7 Å². The van der Waals surface area contributed by atoms with Gasteiger partial charge in [0, 0.05) is 0 Å². The number of nitrogens with zero attached hydrogens (tertiary/aromatic N) is 2. The fraction of sp³-hybridized carbons (Fsp3) is 0.333. The van der Waals surface area contributed by atoms with Crippen molar-refractivity contribution in [1.82, 2.24) is 9.97 Å². The number of halogens is 1. The number of hydrogen-bond acceptors (Lipinski definition) is 4. The smallest absolute Gasteiger partial charge is 0.331 e. The second-order valence-electron chi connectivity index (χ2n) is 2.48. The van der Waals surface area contributed by atoms with Gasteiger partial charge in [0.2, 0.25) is 5.28 Å². The molecule has 0 saturated heterocycles. The van der Waals surface area contributed by atoms with Crippen molar-refractivity contribution in [1.29, 1.82) is 0 Å².